The molecule has 0 radical (unpaired) electrons. The quantitative estimate of drug-likeness (QED) is 0.478. The summed E-state index contributed by atoms with van der Waals surface area (Å²) < 4.78 is 28.7. The minimum atomic E-state index is -3.19. The first kappa shape index (κ1) is 13.4. The van der Waals surface area contributed by atoms with E-state index in [4.69, 9.17) is 0 Å². The molecule has 0 saturated heterocycles. The summed E-state index contributed by atoms with van der Waals surface area (Å²) in [5.74, 6) is 0. The molecular weight excluding hydrogens is 256 g/mol. The second kappa shape index (κ2) is 5.27. The maximum atomic E-state index is 12.3. The van der Waals surface area contributed by atoms with E-state index in [1.165, 1.54) is 12.2 Å². The molecule has 1 unspecified atom stereocenters. The highest BCUT2D eigenvalue weighted by molar-refractivity contribution is 5.75. The van der Waals surface area contributed by atoms with E-state index in [1.807, 2.05) is 30.3 Å². The lowest BCUT2D eigenvalue weighted by Gasteiger charge is -2.23. The zero-order valence-corrected chi connectivity index (χ0v) is 9.83. The molecule has 1 atom stereocenters. The maximum absolute atomic E-state index is 12.3. The van der Waals surface area contributed by atoms with Gasteiger partial charge in [0.15, 0.2) is 0 Å². The highest BCUT2D eigenvalue weighted by atomic mass is 19.3. The first-order valence-electron chi connectivity index (χ1n) is 5.59. The van der Waals surface area contributed by atoms with Gasteiger partial charge in [0.1, 0.15) is 0 Å². The van der Waals surface area contributed by atoms with Crippen LogP contribution in [0.1, 0.15) is 12.0 Å². The van der Waals surface area contributed by atoms with Crippen LogP contribution in [-0.2, 0) is 4.74 Å². The molecule has 1 aliphatic rings. The van der Waals surface area contributed by atoms with Gasteiger partial charge >= 0.3 is 12.3 Å². The molecular formula is C13H11F2NO3. The van der Waals surface area contributed by atoms with E-state index in [2.05, 4.69) is 4.74 Å². The highest BCUT2D eigenvalue weighted by Gasteiger charge is 2.44. The second-order valence-corrected chi connectivity index (χ2v) is 4.04. The normalized spacial score (nSPS) is 22.4. The molecule has 2 rings (SSSR count). The van der Waals surface area contributed by atoms with E-state index < -0.39 is 17.3 Å². The standard InChI is InChI=1S/C13H11F2NO3/c14-12(15)19-13(16(17)18)8-6-11(7-9-13)10-4-2-1-3-5-10/h1-8,12H,9H2. The molecule has 0 amide bonds. The fraction of sp³-hybridized carbons (Fsp3) is 0.231. The Bertz CT molecular complexity index is 528. The van der Waals surface area contributed by atoms with Crippen molar-refractivity contribution in [3.63, 3.8) is 0 Å². The van der Waals surface area contributed by atoms with Crippen molar-refractivity contribution in [1.82, 2.24) is 0 Å². The SMILES string of the molecule is O=[N+]([O-])C1(OC(F)F)C=CC(c2ccccc2)=CC1. The van der Waals surface area contributed by atoms with Gasteiger partial charge in [-0.2, -0.15) is 8.78 Å². The number of nitro groups is 1. The third kappa shape index (κ3) is 2.85. The summed E-state index contributed by atoms with van der Waals surface area (Å²) in [5, 5.41) is 10.9. The number of nitrogens with zero attached hydrogens (tertiary/aromatic N) is 1. The van der Waals surface area contributed by atoms with Crippen molar-refractivity contribution in [2.24, 2.45) is 0 Å². The van der Waals surface area contributed by atoms with Crippen LogP contribution >= 0.6 is 0 Å². The van der Waals surface area contributed by atoms with E-state index in [1.54, 1.807) is 0 Å². The lowest BCUT2D eigenvalue weighted by molar-refractivity contribution is -0.624. The molecule has 0 fully saturated rings. The average Bonchev–Trinajstić information content (AvgIpc) is 2.39. The number of alkyl halides is 2. The number of allylic oxidation sites excluding steroid dienone is 2. The third-order valence-corrected chi connectivity index (χ3v) is 2.85. The Kier molecular flexibility index (Phi) is 3.71. The number of halogens is 2. The molecule has 100 valence electrons. The summed E-state index contributed by atoms with van der Waals surface area (Å²) in [6.45, 7) is -3.19. The Morgan fingerprint density at radius 3 is 2.47 bits per heavy atom. The van der Waals surface area contributed by atoms with Gasteiger partial charge in [0.05, 0.1) is 11.3 Å². The van der Waals surface area contributed by atoms with Crippen molar-refractivity contribution in [3.8, 4) is 0 Å². The van der Waals surface area contributed by atoms with Crippen LogP contribution in [0.3, 0.4) is 0 Å². The molecule has 0 spiro atoms. The smallest absolute Gasteiger partial charge is 0.261 e. The van der Waals surface area contributed by atoms with Gasteiger partial charge in [0, 0.05) is 6.08 Å². The summed E-state index contributed by atoms with van der Waals surface area (Å²) in [6, 6.07) is 9.18. The predicted octanol–water partition coefficient (Wildman–Crippen LogP) is 3.24. The largest absolute Gasteiger partial charge is 0.352 e. The van der Waals surface area contributed by atoms with Crippen molar-refractivity contribution in [1.29, 1.82) is 0 Å². The Balaban J connectivity index is 2.23. The van der Waals surface area contributed by atoms with Gasteiger partial charge in [0.25, 0.3) is 0 Å². The molecule has 4 nitrogen and oxygen atoms in total. The number of hydrogen-bond donors (Lipinski definition) is 0. The Morgan fingerprint density at radius 1 is 1.32 bits per heavy atom. The van der Waals surface area contributed by atoms with E-state index in [0.717, 1.165) is 17.2 Å². The van der Waals surface area contributed by atoms with Gasteiger partial charge < -0.3 is 0 Å². The number of benzene rings is 1. The van der Waals surface area contributed by atoms with Crippen LogP contribution in [0.15, 0.2) is 48.6 Å². The van der Waals surface area contributed by atoms with Crippen LogP contribution in [0, 0.1) is 10.1 Å². The van der Waals surface area contributed by atoms with Crippen molar-refractivity contribution in [2.75, 3.05) is 0 Å². The van der Waals surface area contributed by atoms with Gasteiger partial charge in [-0.25, -0.2) is 4.74 Å². The fourth-order valence-electron chi connectivity index (χ4n) is 1.88. The highest BCUT2D eigenvalue weighted by Crippen LogP contribution is 2.31. The van der Waals surface area contributed by atoms with Crippen LogP contribution in [0.5, 0.6) is 0 Å². The molecule has 0 bridgehead atoms. The van der Waals surface area contributed by atoms with Crippen LogP contribution in [0.4, 0.5) is 8.78 Å². The third-order valence-electron chi connectivity index (χ3n) is 2.85. The minimum Gasteiger partial charge on any atom is -0.261 e. The summed E-state index contributed by atoms with van der Waals surface area (Å²) >= 11 is 0. The maximum Gasteiger partial charge on any atom is 0.352 e. The molecule has 0 aliphatic heterocycles. The molecule has 0 aromatic heterocycles. The molecule has 0 saturated carbocycles. The summed E-state index contributed by atoms with van der Waals surface area (Å²) in [4.78, 5) is 10.1. The van der Waals surface area contributed by atoms with Crippen molar-refractivity contribution >= 4 is 5.57 Å². The molecule has 6 heteroatoms. The Hall–Kier alpha value is -2.08. The lowest BCUT2D eigenvalue weighted by Crippen LogP contribution is -2.41. The summed E-state index contributed by atoms with van der Waals surface area (Å²) in [7, 11) is 0. The van der Waals surface area contributed by atoms with Gasteiger partial charge in [-0.1, -0.05) is 36.4 Å². The number of hydrogen-bond acceptors (Lipinski definition) is 3. The Labute approximate surface area is 108 Å². The fourth-order valence-corrected chi connectivity index (χ4v) is 1.88. The van der Waals surface area contributed by atoms with E-state index in [-0.39, 0.29) is 6.42 Å². The topological polar surface area (TPSA) is 52.4 Å². The zero-order chi connectivity index (χ0) is 13.9. The number of ether oxygens (including phenoxy) is 1. The van der Waals surface area contributed by atoms with Crippen molar-refractivity contribution in [3.05, 3.63) is 64.2 Å². The Morgan fingerprint density at radius 2 is 2.00 bits per heavy atom. The molecule has 1 aliphatic carbocycles. The van der Waals surface area contributed by atoms with Gasteiger partial charge in [-0.05, 0) is 17.2 Å². The van der Waals surface area contributed by atoms with Crippen LogP contribution in [0.25, 0.3) is 5.57 Å². The minimum absolute atomic E-state index is 0.231. The second-order valence-electron chi connectivity index (χ2n) is 4.04. The van der Waals surface area contributed by atoms with Gasteiger partial charge in [0.2, 0.25) is 0 Å². The van der Waals surface area contributed by atoms with E-state index >= 15 is 0 Å². The first-order chi connectivity index (χ1) is 9.03. The zero-order valence-electron chi connectivity index (χ0n) is 9.83. The van der Waals surface area contributed by atoms with Crippen molar-refractivity contribution < 1.29 is 18.4 Å². The summed E-state index contributed by atoms with van der Waals surface area (Å²) in [6.07, 6.45) is 3.80. The van der Waals surface area contributed by atoms with E-state index in [9.17, 15) is 18.9 Å². The molecule has 1 aromatic carbocycles. The number of rotatable bonds is 4. The molecule has 1 aromatic rings. The lowest BCUT2D eigenvalue weighted by atomic mass is 9.95. The molecule has 0 heterocycles. The molecule has 0 N–H and O–H groups in total. The first-order valence-corrected chi connectivity index (χ1v) is 5.59. The van der Waals surface area contributed by atoms with Gasteiger partial charge in [-0.15, -0.1) is 0 Å². The van der Waals surface area contributed by atoms with E-state index in [0.29, 0.717) is 0 Å². The van der Waals surface area contributed by atoms with Crippen LogP contribution in [0.2, 0.25) is 0 Å². The molecule has 19 heavy (non-hydrogen) atoms. The predicted molar refractivity (Wildman–Crippen MR) is 65.0 cm³/mol. The average molecular weight is 267 g/mol. The summed E-state index contributed by atoms with van der Waals surface area (Å²) in [5.41, 5.74) is -0.560. The van der Waals surface area contributed by atoms with Gasteiger partial charge in [-0.3, -0.25) is 10.1 Å². The van der Waals surface area contributed by atoms with Crippen LogP contribution < -0.4 is 0 Å². The van der Waals surface area contributed by atoms with Crippen molar-refractivity contribution in [2.45, 2.75) is 18.8 Å². The monoisotopic (exact) mass is 267 g/mol. The van der Waals surface area contributed by atoms with Crippen LogP contribution in [-0.4, -0.2) is 17.3 Å².